The smallest absolute Gasteiger partial charge is 0.339 e. The normalized spacial score (nSPS) is 17.6. The number of rotatable bonds is 3. The predicted molar refractivity (Wildman–Crippen MR) is 51.4 cm³/mol. The number of nitrogens with zero attached hydrogens (tertiary/aromatic N) is 2. The highest BCUT2D eigenvalue weighted by molar-refractivity contribution is 5.91. The van der Waals surface area contributed by atoms with Crippen molar-refractivity contribution in [3.8, 4) is 0 Å². The first-order valence-corrected chi connectivity index (χ1v) is 4.26. The third-order valence-corrected chi connectivity index (χ3v) is 1.66. The molecule has 0 aromatic rings. The summed E-state index contributed by atoms with van der Waals surface area (Å²) in [4.78, 5) is 21.2. The first-order valence-electron chi connectivity index (χ1n) is 4.26. The summed E-state index contributed by atoms with van der Waals surface area (Å²) in [7, 11) is 0. The molecular weight excluding hydrogens is 200 g/mol. The third kappa shape index (κ3) is 2.75. The molecule has 0 aromatic heterocycles. The molecule has 0 fully saturated rings. The van der Waals surface area contributed by atoms with Crippen molar-refractivity contribution >= 4 is 5.97 Å². The van der Waals surface area contributed by atoms with Gasteiger partial charge in [0.2, 0.25) is 0 Å². The van der Waals surface area contributed by atoms with Gasteiger partial charge in [-0.3, -0.25) is 5.21 Å². The Morgan fingerprint density at radius 2 is 2.40 bits per heavy atom. The maximum absolute atomic E-state index is 11.2. The van der Waals surface area contributed by atoms with E-state index in [2.05, 4.69) is 5.18 Å². The minimum atomic E-state index is -0.536. The van der Waals surface area contributed by atoms with Crippen LogP contribution in [0, 0.1) is 4.91 Å². The zero-order chi connectivity index (χ0) is 11.3. The van der Waals surface area contributed by atoms with Crippen LogP contribution in [0.4, 0.5) is 0 Å². The standard InChI is InChI=1S/C9H10N2O4/c1-2-15-9(12)7-3-4-8(5-10-13)11(14)6-7/h3-6,14H,2H2,1H3/b8-5-. The highest BCUT2D eigenvalue weighted by Gasteiger charge is 2.14. The van der Waals surface area contributed by atoms with Crippen molar-refractivity contribution < 1.29 is 14.7 Å². The van der Waals surface area contributed by atoms with Gasteiger partial charge in [0.25, 0.3) is 0 Å². The van der Waals surface area contributed by atoms with Crippen LogP contribution in [0.1, 0.15) is 6.92 Å². The second kappa shape index (κ2) is 5.06. The number of hydrogen-bond donors (Lipinski definition) is 1. The van der Waals surface area contributed by atoms with Crippen LogP contribution in [0.3, 0.4) is 0 Å². The van der Waals surface area contributed by atoms with Gasteiger partial charge in [-0.05, 0) is 24.3 Å². The van der Waals surface area contributed by atoms with Gasteiger partial charge in [0, 0.05) is 6.20 Å². The molecule has 0 spiro atoms. The molecule has 0 aliphatic carbocycles. The van der Waals surface area contributed by atoms with Crippen LogP contribution in [-0.4, -0.2) is 22.8 Å². The minimum absolute atomic E-state index is 0.179. The Morgan fingerprint density at radius 1 is 1.67 bits per heavy atom. The van der Waals surface area contributed by atoms with Crippen LogP contribution in [0.25, 0.3) is 0 Å². The molecule has 1 heterocycles. The quantitative estimate of drug-likeness (QED) is 0.561. The van der Waals surface area contributed by atoms with Gasteiger partial charge in [-0.1, -0.05) is 0 Å². The summed E-state index contributed by atoms with van der Waals surface area (Å²) < 4.78 is 4.72. The van der Waals surface area contributed by atoms with E-state index in [1.54, 1.807) is 6.92 Å². The lowest BCUT2D eigenvalue weighted by molar-refractivity contribution is -0.138. The van der Waals surface area contributed by atoms with Crippen molar-refractivity contribution in [2.45, 2.75) is 6.92 Å². The number of ether oxygens (including phenoxy) is 1. The second-order valence-corrected chi connectivity index (χ2v) is 2.64. The Hall–Kier alpha value is -1.95. The van der Waals surface area contributed by atoms with Crippen molar-refractivity contribution in [1.29, 1.82) is 0 Å². The van der Waals surface area contributed by atoms with E-state index in [4.69, 9.17) is 4.74 Å². The van der Waals surface area contributed by atoms with E-state index in [0.717, 1.165) is 12.4 Å². The van der Waals surface area contributed by atoms with Crippen LogP contribution < -0.4 is 0 Å². The molecule has 0 unspecified atom stereocenters. The fourth-order valence-electron chi connectivity index (χ4n) is 0.992. The summed E-state index contributed by atoms with van der Waals surface area (Å²) >= 11 is 0. The molecule has 15 heavy (non-hydrogen) atoms. The number of esters is 1. The van der Waals surface area contributed by atoms with E-state index in [1.807, 2.05) is 0 Å². The Labute approximate surface area is 86.1 Å². The van der Waals surface area contributed by atoms with Gasteiger partial charge in [-0.2, -0.15) is 0 Å². The van der Waals surface area contributed by atoms with Gasteiger partial charge in [0.1, 0.15) is 0 Å². The maximum Gasteiger partial charge on any atom is 0.339 e. The fourth-order valence-corrected chi connectivity index (χ4v) is 0.992. The molecule has 1 N–H and O–H groups in total. The summed E-state index contributed by atoms with van der Waals surface area (Å²) in [6.45, 7) is 1.94. The Bertz CT molecular complexity index is 357. The molecule has 0 radical (unpaired) electrons. The average molecular weight is 210 g/mol. The average Bonchev–Trinajstić information content (AvgIpc) is 2.21. The minimum Gasteiger partial charge on any atom is -0.462 e. The SMILES string of the molecule is CCOC(=O)C1=CN(O)/C(=C\N=O)C=C1. The predicted octanol–water partition coefficient (Wildman–Crippen LogP) is 1.30. The van der Waals surface area contributed by atoms with E-state index in [9.17, 15) is 14.9 Å². The van der Waals surface area contributed by atoms with Crippen LogP contribution >= 0.6 is 0 Å². The van der Waals surface area contributed by atoms with E-state index in [-0.39, 0.29) is 17.9 Å². The van der Waals surface area contributed by atoms with E-state index in [1.165, 1.54) is 12.2 Å². The molecule has 0 aromatic carbocycles. The molecule has 6 nitrogen and oxygen atoms in total. The van der Waals surface area contributed by atoms with Gasteiger partial charge >= 0.3 is 5.97 Å². The summed E-state index contributed by atoms with van der Waals surface area (Å²) in [5.74, 6) is -0.536. The van der Waals surface area contributed by atoms with E-state index < -0.39 is 5.97 Å². The molecule has 1 aliphatic rings. The Morgan fingerprint density at radius 3 is 2.93 bits per heavy atom. The second-order valence-electron chi connectivity index (χ2n) is 2.64. The van der Waals surface area contributed by atoms with Crippen molar-refractivity contribution in [3.05, 3.63) is 40.7 Å². The molecular formula is C9H10N2O4. The molecule has 1 aliphatic heterocycles. The first kappa shape index (κ1) is 11.1. The number of allylic oxidation sites excluding steroid dienone is 1. The lowest BCUT2D eigenvalue weighted by atomic mass is 10.2. The van der Waals surface area contributed by atoms with Crippen molar-refractivity contribution in [1.82, 2.24) is 5.06 Å². The van der Waals surface area contributed by atoms with E-state index >= 15 is 0 Å². The summed E-state index contributed by atoms with van der Waals surface area (Å²) in [6.07, 6.45) is 4.89. The molecule has 80 valence electrons. The number of nitroso groups, excluding NO2 is 1. The van der Waals surface area contributed by atoms with Crippen molar-refractivity contribution in [3.63, 3.8) is 0 Å². The maximum atomic E-state index is 11.2. The zero-order valence-corrected chi connectivity index (χ0v) is 8.08. The molecule has 0 saturated heterocycles. The van der Waals surface area contributed by atoms with Crippen molar-refractivity contribution in [2.75, 3.05) is 6.61 Å². The van der Waals surface area contributed by atoms with E-state index in [0.29, 0.717) is 5.06 Å². The van der Waals surface area contributed by atoms with Crippen LogP contribution in [-0.2, 0) is 9.53 Å². The van der Waals surface area contributed by atoms with Crippen LogP contribution in [0.2, 0.25) is 0 Å². The van der Waals surface area contributed by atoms with Gasteiger partial charge in [-0.15, -0.1) is 4.91 Å². The molecule has 0 saturated carbocycles. The first-order chi connectivity index (χ1) is 7.19. The third-order valence-electron chi connectivity index (χ3n) is 1.66. The topological polar surface area (TPSA) is 79.2 Å². The zero-order valence-electron chi connectivity index (χ0n) is 8.08. The van der Waals surface area contributed by atoms with Gasteiger partial charge in [-0.25, -0.2) is 9.86 Å². The number of carbonyl (C=O) groups is 1. The van der Waals surface area contributed by atoms with Gasteiger partial charge < -0.3 is 4.74 Å². The summed E-state index contributed by atoms with van der Waals surface area (Å²) in [6, 6.07) is 0. The number of hydrogen-bond acceptors (Lipinski definition) is 6. The lowest BCUT2D eigenvalue weighted by Crippen LogP contribution is -2.17. The van der Waals surface area contributed by atoms with Crippen LogP contribution in [0.15, 0.2) is 41.0 Å². The lowest BCUT2D eigenvalue weighted by Gasteiger charge is -2.17. The Kier molecular flexibility index (Phi) is 3.75. The Balaban J connectivity index is 2.79. The molecule has 0 bridgehead atoms. The number of carbonyl (C=O) groups excluding carboxylic acids is 1. The summed E-state index contributed by atoms with van der Waals surface area (Å²) in [5.41, 5.74) is 0.375. The molecule has 1 rings (SSSR count). The molecule has 6 heteroatoms. The largest absolute Gasteiger partial charge is 0.462 e. The number of hydroxylamine groups is 2. The van der Waals surface area contributed by atoms with Gasteiger partial charge in [0.05, 0.1) is 24.1 Å². The highest BCUT2D eigenvalue weighted by atomic mass is 16.5. The molecule has 0 atom stereocenters. The fraction of sp³-hybridized carbons (Fsp3) is 0.222. The highest BCUT2D eigenvalue weighted by Crippen LogP contribution is 2.15. The van der Waals surface area contributed by atoms with Gasteiger partial charge in [0.15, 0.2) is 0 Å². The van der Waals surface area contributed by atoms with Crippen molar-refractivity contribution in [2.24, 2.45) is 5.18 Å². The van der Waals surface area contributed by atoms with Crippen LogP contribution in [0.5, 0.6) is 0 Å². The monoisotopic (exact) mass is 210 g/mol. The molecule has 0 amide bonds. The summed E-state index contributed by atoms with van der Waals surface area (Å²) in [5, 5.41) is 12.5.